The zero-order chi connectivity index (χ0) is 12.5. The lowest BCUT2D eigenvalue weighted by Crippen LogP contribution is -1.95. The van der Waals surface area contributed by atoms with Gasteiger partial charge in [-0.05, 0) is 17.7 Å². The van der Waals surface area contributed by atoms with Crippen LogP contribution in [-0.4, -0.2) is 14.4 Å². The maximum absolute atomic E-state index is 5.62. The van der Waals surface area contributed by atoms with Gasteiger partial charge in [-0.15, -0.1) is 0 Å². The van der Waals surface area contributed by atoms with E-state index in [1.54, 1.807) is 6.33 Å². The largest absolute Gasteiger partial charge is 0.325 e. The van der Waals surface area contributed by atoms with Crippen molar-refractivity contribution in [1.29, 1.82) is 0 Å². The maximum atomic E-state index is 5.62. The van der Waals surface area contributed by atoms with Gasteiger partial charge in [0.2, 0.25) is 0 Å². The zero-order valence-corrected chi connectivity index (χ0v) is 11.1. The number of aromatic nitrogens is 3. The second-order valence-electron chi connectivity index (χ2n) is 3.98. The van der Waals surface area contributed by atoms with Gasteiger partial charge in [-0.3, -0.25) is 4.40 Å². The molecule has 0 aliphatic carbocycles. The zero-order valence-electron chi connectivity index (χ0n) is 9.55. The lowest BCUT2D eigenvalue weighted by Gasteiger charge is -2.03. The highest BCUT2D eigenvalue weighted by atomic mass is 79.9. The first-order valence-corrected chi connectivity index (χ1v) is 6.35. The summed E-state index contributed by atoms with van der Waals surface area (Å²) < 4.78 is 2.96. The van der Waals surface area contributed by atoms with Crippen LogP contribution in [0, 0.1) is 0 Å². The SMILES string of the molecule is NCc1cn2cncc(-c3ccc(Br)cc3)c2n1. The van der Waals surface area contributed by atoms with Gasteiger partial charge >= 0.3 is 0 Å². The first kappa shape index (κ1) is 11.4. The fourth-order valence-electron chi connectivity index (χ4n) is 1.90. The number of benzene rings is 1. The molecule has 3 aromatic rings. The summed E-state index contributed by atoms with van der Waals surface area (Å²) in [6.07, 6.45) is 5.47. The minimum Gasteiger partial charge on any atom is -0.325 e. The standard InChI is InChI=1S/C13H11BrN4/c14-10-3-1-9(2-4-10)12-6-16-8-18-7-11(5-15)17-13(12)18/h1-4,6-8H,5,15H2. The molecule has 1 aromatic carbocycles. The molecule has 0 aliphatic heterocycles. The van der Waals surface area contributed by atoms with Crippen LogP contribution >= 0.6 is 15.9 Å². The molecular formula is C13H11BrN4. The Morgan fingerprint density at radius 3 is 2.72 bits per heavy atom. The second-order valence-corrected chi connectivity index (χ2v) is 4.90. The van der Waals surface area contributed by atoms with E-state index in [9.17, 15) is 0 Å². The molecule has 0 fully saturated rings. The van der Waals surface area contributed by atoms with Crippen molar-refractivity contribution in [3.63, 3.8) is 0 Å². The summed E-state index contributed by atoms with van der Waals surface area (Å²) in [5.41, 5.74) is 9.46. The maximum Gasteiger partial charge on any atom is 0.147 e. The van der Waals surface area contributed by atoms with E-state index in [-0.39, 0.29) is 0 Å². The van der Waals surface area contributed by atoms with Gasteiger partial charge in [0.25, 0.3) is 0 Å². The van der Waals surface area contributed by atoms with E-state index in [0.29, 0.717) is 6.54 Å². The summed E-state index contributed by atoms with van der Waals surface area (Å²) in [6.45, 7) is 0.432. The van der Waals surface area contributed by atoms with Crippen molar-refractivity contribution >= 4 is 21.6 Å². The number of hydrogen-bond acceptors (Lipinski definition) is 3. The van der Waals surface area contributed by atoms with Crippen molar-refractivity contribution in [1.82, 2.24) is 14.4 Å². The fraction of sp³-hybridized carbons (Fsp3) is 0.0769. The monoisotopic (exact) mass is 302 g/mol. The lowest BCUT2D eigenvalue weighted by atomic mass is 10.1. The van der Waals surface area contributed by atoms with Crippen LogP contribution in [0.5, 0.6) is 0 Å². The first-order valence-electron chi connectivity index (χ1n) is 5.55. The van der Waals surface area contributed by atoms with E-state index in [0.717, 1.165) is 26.9 Å². The van der Waals surface area contributed by atoms with Crippen LogP contribution in [0.25, 0.3) is 16.8 Å². The third kappa shape index (κ3) is 1.91. The predicted octanol–water partition coefficient (Wildman–Crippen LogP) is 2.62. The minimum atomic E-state index is 0.432. The smallest absolute Gasteiger partial charge is 0.147 e. The number of rotatable bonds is 2. The van der Waals surface area contributed by atoms with Crippen molar-refractivity contribution in [3.8, 4) is 11.1 Å². The molecule has 90 valence electrons. The van der Waals surface area contributed by atoms with Crippen molar-refractivity contribution in [3.05, 3.63) is 53.2 Å². The Hall–Kier alpha value is -1.72. The van der Waals surface area contributed by atoms with Crippen molar-refractivity contribution in [2.24, 2.45) is 5.73 Å². The number of hydrogen-bond donors (Lipinski definition) is 1. The molecule has 0 radical (unpaired) electrons. The molecule has 5 heteroatoms. The van der Waals surface area contributed by atoms with Crippen molar-refractivity contribution in [2.75, 3.05) is 0 Å². The molecule has 0 atom stereocenters. The molecule has 0 bridgehead atoms. The Bertz CT molecular complexity index is 688. The van der Waals surface area contributed by atoms with E-state index in [1.807, 2.05) is 41.1 Å². The highest BCUT2D eigenvalue weighted by molar-refractivity contribution is 9.10. The molecule has 0 saturated carbocycles. The van der Waals surface area contributed by atoms with Crippen LogP contribution in [0.1, 0.15) is 5.69 Å². The number of nitrogens with zero attached hydrogens (tertiary/aromatic N) is 3. The summed E-state index contributed by atoms with van der Waals surface area (Å²) in [4.78, 5) is 8.75. The summed E-state index contributed by atoms with van der Waals surface area (Å²) in [5.74, 6) is 0. The van der Waals surface area contributed by atoms with Gasteiger partial charge in [0.05, 0.1) is 5.69 Å². The average molecular weight is 303 g/mol. The van der Waals surface area contributed by atoms with Gasteiger partial charge < -0.3 is 5.73 Å². The summed E-state index contributed by atoms with van der Waals surface area (Å²) in [6, 6.07) is 8.09. The van der Waals surface area contributed by atoms with Gasteiger partial charge in [-0.25, -0.2) is 9.97 Å². The third-order valence-corrected chi connectivity index (χ3v) is 3.31. The molecule has 3 rings (SSSR count). The van der Waals surface area contributed by atoms with Crippen molar-refractivity contribution in [2.45, 2.75) is 6.54 Å². The molecule has 4 nitrogen and oxygen atoms in total. The molecule has 0 saturated heterocycles. The molecule has 0 amide bonds. The van der Waals surface area contributed by atoms with Gasteiger partial charge in [0.1, 0.15) is 12.0 Å². The minimum absolute atomic E-state index is 0.432. The molecule has 2 heterocycles. The van der Waals surface area contributed by atoms with Gasteiger partial charge in [-0.2, -0.15) is 0 Å². The molecule has 0 spiro atoms. The molecule has 18 heavy (non-hydrogen) atoms. The molecule has 0 unspecified atom stereocenters. The summed E-state index contributed by atoms with van der Waals surface area (Å²) in [5, 5.41) is 0. The Morgan fingerprint density at radius 2 is 2.00 bits per heavy atom. The molecule has 0 aliphatic rings. The van der Waals surface area contributed by atoms with Crippen LogP contribution in [0.3, 0.4) is 0 Å². The van der Waals surface area contributed by atoms with Gasteiger partial charge in [-0.1, -0.05) is 28.1 Å². The second kappa shape index (κ2) is 4.51. The fourth-order valence-corrected chi connectivity index (χ4v) is 2.16. The Balaban J connectivity index is 2.22. The topological polar surface area (TPSA) is 56.2 Å². The number of halogens is 1. The summed E-state index contributed by atoms with van der Waals surface area (Å²) in [7, 11) is 0. The Morgan fingerprint density at radius 1 is 1.22 bits per heavy atom. The molecule has 2 aromatic heterocycles. The van der Waals surface area contributed by atoms with Crippen LogP contribution in [-0.2, 0) is 6.54 Å². The number of fused-ring (bicyclic) bond motifs is 1. The Kier molecular flexibility index (Phi) is 2.85. The van der Waals surface area contributed by atoms with E-state index >= 15 is 0 Å². The van der Waals surface area contributed by atoms with E-state index in [4.69, 9.17) is 5.73 Å². The highest BCUT2D eigenvalue weighted by Gasteiger charge is 2.08. The third-order valence-electron chi connectivity index (χ3n) is 2.78. The Labute approximate surface area is 113 Å². The van der Waals surface area contributed by atoms with Crippen LogP contribution in [0.4, 0.5) is 0 Å². The van der Waals surface area contributed by atoms with Crippen LogP contribution in [0.2, 0.25) is 0 Å². The number of nitrogens with two attached hydrogens (primary N) is 1. The van der Waals surface area contributed by atoms with Crippen LogP contribution < -0.4 is 5.73 Å². The van der Waals surface area contributed by atoms with Gasteiger partial charge in [0.15, 0.2) is 0 Å². The van der Waals surface area contributed by atoms with Gasteiger partial charge in [0, 0.05) is 29.0 Å². The van der Waals surface area contributed by atoms with Crippen LogP contribution in [0.15, 0.2) is 47.5 Å². The predicted molar refractivity (Wildman–Crippen MR) is 74.0 cm³/mol. The first-order chi connectivity index (χ1) is 8.78. The lowest BCUT2D eigenvalue weighted by molar-refractivity contribution is 1.01. The molecule has 2 N–H and O–H groups in total. The average Bonchev–Trinajstić information content (AvgIpc) is 2.82. The van der Waals surface area contributed by atoms with E-state index in [1.165, 1.54) is 0 Å². The normalized spacial score (nSPS) is 11.0. The van der Waals surface area contributed by atoms with Crippen molar-refractivity contribution < 1.29 is 0 Å². The summed E-state index contributed by atoms with van der Waals surface area (Å²) >= 11 is 3.43. The number of imidazole rings is 1. The highest BCUT2D eigenvalue weighted by Crippen LogP contribution is 2.24. The van der Waals surface area contributed by atoms with E-state index < -0.39 is 0 Å². The van der Waals surface area contributed by atoms with E-state index in [2.05, 4.69) is 25.9 Å². The molecular weight excluding hydrogens is 292 g/mol. The quantitative estimate of drug-likeness (QED) is 0.792.